The molecule has 3 amide bonds. The Morgan fingerprint density at radius 2 is 1.65 bits per heavy atom. The SMILES string of the molecule is CCOc1ccc(NC(=O)C[C@@H]2C(=O)N(Cc3ccccc3)C(=S)N2Cc2ccc(N3CCCC3=O)cc2)cc1. The van der Waals surface area contributed by atoms with Crippen molar-refractivity contribution in [2.24, 2.45) is 0 Å². The van der Waals surface area contributed by atoms with Crippen LogP contribution in [0.25, 0.3) is 0 Å². The van der Waals surface area contributed by atoms with Gasteiger partial charge >= 0.3 is 0 Å². The Hall–Kier alpha value is -4.24. The van der Waals surface area contributed by atoms with E-state index in [1.165, 1.54) is 0 Å². The van der Waals surface area contributed by atoms with Gasteiger partial charge in [0, 0.05) is 30.9 Å². The number of rotatable bonds is 10. The van der Waals surface area contributed by atoms with Crippen molar-refractivity contribution in [3.63, 3.8) is 0 Å². The van der Waals surface area contributed by atoms with E-state index in [9.17, 15) is 14.4 Å². The molecule has 0 spiro atoms. The Balaban J connectivity index is 1.33. The Kier molecular flexibility index (Phi) is 8.40. The molecule has 8 nitrogen and oxygen atoms in total. The van der Waals surface area contributed by atoms with Crippen molar-refractivity contribution in [1.82, 2.24) is 9.80 Å². The molecule has 2 aliphatic rings. The predicted molar refractivity (Wildman–Crippen MR) is 158 cm³/mol. The van der Waals surface area contributed by atoms with Crippen LogP contribution in [0.1, 0.15) is 37.3 Å². The summed E-state index contributed by atoms with van der Waals surface area (Å²) in [5.41, 5.74) is 3.38. The zero-order valence-corrected chi connectivity index (χ0v) is 23.2. The van der Waals surface area contributed by atoms with Gasteiger partial charge in [-0.25, -0.2) is 0 Å². The number of nitrogens with zero attached hydrogens (tertiary/aromatic N) is 3. The summed E-state index contributed by atoms with van der Waals surface area (Å²) in [6, 6.07) is 23.8. The minimum atomic E-state index is -0.737. The average Bonchev–Trinajstić information content (AvgIpc) is 3.48. The number of carbonyl (C=O) groups excluding carboxylic acids is 3. The van der Waals surface area contributed by atoms with E-state index in [2.05, 4.69) is 5.32 Å². The van der Waals surface area contributed by atoms with E-state index in [1.807, 2.05) is 66.4 Å². The monoisotopic (exact) mass is 556 g/mol. The van der Waals surface area contributed by atoms with Gasteiger partial charge in [0.2, 0.25) is 11.8 Å². The Morgan fingerprint density at radius 1 is 0.950 bits per heavy atom. The molecule has 0 bridgehead atoms. The summed E-state index contributed by atoms with van der Waals surface area (Å²) in [4.78, 5) is 44.1. The van der Waals surface area contributed by atoms with Crippen molar-refractivity contribution in [2.45, 2.75) is 45.3 Å². The largest absolute Gasteiger partial charge is 0.494 e. The Bertz CT molecular complexity index is 1380. The number of hydrogen-bond acceptors (Lipinski definition) is 5. The first kappa shape index (κ1) is 27.3. The van der Waals surface area contributed by atoms with Crippen molar-refractivity contribution in [3.05, 3.63) is 90.0 Å². The second-order valence-electron chi connectivity index (χ2n) is 9.86. The van der Waals surface area contributed by atoms with Crippen LogP contribution in [0.15, 0.2) is 78.9 Å². The molecule has 0 aromatic heterocycles. The molecule has 40 heavy (non-hydrogen) atoms. The highest BCUT2D eigenvalue weighted by atomic mass is 32.1. The molecule has 0 aliphatic carbocycles. The molecule has 5 rings (SSSR count). The normalized spacial score (nSPS) is 17.1. The van der Waals surface area contributed by atoms with Gasteiger partial charge in [-0.3, -0.25) is 19.3 Å². The van der Waals surface area contributed by atoms with Crippen molar-refractivity contribution < 1.29 is 19.1 Å². The van der Waals surface area contributed by atoms with Crippen molar-refractivity contribution in [2.75, 3.05) is 23.4 Å². The van der Waals surface area contributed by atoms with E-state index in [0.717, 1.165) is 35.5 Å². The molecular formula is C31H32N4O4S. The molecule has 0 saturated carbocycles. The van der Waals surface area contributed by atoms with Gasteiger partial charge < -0.3 is 19.9 Å². The second-order valence-corrected chi connectivity index (χ2v) is 10.2. The maximum Gasteiger partial charge on any atom is 0.252 e. The number of thiocarbonyl (C=S) groups is 1. The van der Waals surface area contributed by atoms with E-state index in [0.29, 0.717) is 36.9 Å². The summed E-state index contributed by atoms with van der Waals surface area (Å²) >= 11 is 5.80. The number of hydrogen-bond donors (Lipinski definition) is 1. The van der Waals surface area contributed by atoms with Gasteiger partial charge in [0.15, 0.2) is 5.11 Å². The summed E-state index contributed by atoms with van der Waals surface area (Å²) < 4.78 is 5.47. The first-order valence-corrected chi connectivity index (χ1v) is 13.9. The Labute approximate surface area is 239 Å². The number of benzene rings is 3. The average molecular weight is 557 g/mol. The summed E-state index contributed by atoms with van der Waals surface area (Å²) in [5.74, 6) is 0.378. The van der Waals surface area contributed by atoms with E-state index in [1.54, 1.807) is 34.1 Å². The van der Waals surface area contributed by atoms with Crippen molar-refractivity contribution in [3.8, 4) is 5.75 Å². The molecule has 2 heterocycles. The van der Waals surface area contributed by atoms with Crippen LogP contribution in [0.5, 0.6) is 5.75 Å². The molecule has 3 aromatic carbocycles. The highest BCUT2D eigenvalue weighted by Crippen LogP contribution is 2.27. The van der Waals surface area contributed by atoms with Gasteiger partial charge in [-0.2, -0.15) is 0 Å². The smallest absolute Gasteiger partial charge is 0.252 e. The second kappa shape index (κ2) is 12.3. The minimum Gasteiger partial charge on any atom is -0.494 e. The molecule has 206 valence electrons. The van der Waals surface area contributed by atoms with E-state index < -0.39 is 6.04 Å². The van der Waals surface area contributed by atoms with Crippen LogP contribution in [0.3, 0.4) is 0 Å². The zero-order chi connectivity index (χ0) is 28.1. The minimum absolute atomic E-state index is 0.0438. The van der Waals surface area contributed by atoms with E-state index >= 15 is 0 Å². The molecule has 1 atom stereocenters. The number of anilines is 2. The van der Waals surface area contributed by atoms with Gasteiger partial charge in [-0.15, -0.1) is 0 Å². The molecule has 2 aliphatic heterocycles. The summed E-state index contributed by atoms with van der Waals surface area (Å²) in [5, 5.41) is 3.29. The zero-order valence-electron chi connectivity index (χ0n) is 22.4. The van der Waals surface area contributed by atoms with Crippen molar-refractivity contribution in [1.29, 1.82) is 0 Å². The molecule has 3 aromatic rings. The van der Waals surface area contributed by atoms with Gasteiger partial charge in [0.1, 0.15) is 11.8 Å². The van der Waals surface area contributed by atoms with Gasteiger partial charge in [-0.05, 0) is 73.1 Å². The third-order valence-corrected chi connectivity index (χ3v) is 7.54. The van der Waals surface area contributed by atoms with Gasteiger partial charge in [0.25, 0.3) is 5.91 Å². The molecule has 2 saturated heterocycles. The fourth-order valence-electron chi connectivity index (χ4n) is 5.07. The maximum absolute atomic E-state index is 13.6. The predicted octanol–water partition coefficient (Wildman–Crippen LogP) is 4.74. The van der Waals surface area contributed by atoms with Crippen LogP contribution in [0.4, 0.5) is 11.4 Å². The lowest BCUT2D eigenvalue weighted by atomic mass is 10.1. The van der Waals surface area contributed by atoms with Crippen LogP contribution in [-0.2, 0) is 27.5 Å². The quantitative estimate of drug-likeness (QED) is 0.364. The number of nitrogens with one attached hydrogen (secondary N) is 1. The third-order valence-electron chi connectivity index (χ3n) is 7.09. The molecule has 2 fully saturated rings. The van der Waals surface area contributed by atoms with Crippen molar-refractivity contribution >= 4 is 46.4 Å². The number of amides is 3. The molecule has 1 N–H and O–H groups in total. The van der Waals surface area contributed by atoms with E-state index in [4.69, 9.17) is 17.0 Å². The first-order valence-electron chi connectivity index (χ1n) is 13.5. The standard InChI is InChI=1S/C31H32N4O4S/c1-2-39-26-16-12-24(13-17-26)32-28(36)19-27-30(38)35(21-22-7-4-3-5-8-22)31(40)34(27)20-23-10-14-25(15-11-23)33-18-6-9-29(33)37/h3-5,7-8,10-17,27H,2,6,9,18-21H2,1H3,(H,32,36)/t27-/m1/s1. The highest BCUT2D eigenvalue weighted by Gasteiger charge is 2.43. The van der Waals surface area contributed by atoms with E-state index in [-0.39, 0.29) is 24.1 Å². The summed E-state index contributed by atoms with van der Waals surface area (Å²) in [7, 11) is 0. The van der Waals surface area contributed by atoms with Crippen LogP contribution in [0, 0.1) is 0 Å². The third kappa shape index (κ3) is 6.15. The lowest BCUT2D eigenvalue weighted by Gasteiger charge is -2.24. The topological polar surface area (TPSA) is 82.2 Å². The summed E-state index contributed by atoms with van der Waals surface area (Å²) in [6.07, 6.45) is 1.39. The molecule has 0 radical (unpaired) electrons. The first-order chi connectivity index (χ1) is 19.4. The fraction of sp³-hybridized carbons (Fsp3) is 0.290. The van der Waals surface area contributed by atoms with Crippen LogP contribution < -0.4 is 15.0 Å². The summed E-state index contributed by atoms with van der Waals surface area (Å²) in [6.45, 7) is 3.90. The fourth-order valence-corrected chi connectivity index (χ4v) is 5.42. The molecular weight excluding hydrogens is 524 g/mol. The lowest BCUT2D eigenvalue weighted by molar-refractivity contribution is -0.131. The van der Waals surface area contributed by atoms with Crippen LogP contribution in [-0.4, -0.2) is 51.8 Å². The maximum atomic E-state index is 13.6. The van der Waals surface area contributed by atoms with Gasteiger partial charge in [-0.1, -0.05) is 42.5 Å². The number of carbonyl (C=O) groups is 3. The highest BCUT2D eigenvalue weighted by molar-refractivity contribution is 7.80. The van der Waals surface area contributed by atoms with Crippen LogP contribution >= 0.6 is 12.2 Å². The molecule has 9 heteroatoms. The number of ether oxygens (including phenoxy) is 1. The lowest BCUT2D eigenvalue weighted by Crippen LogP contribution is -2.37. The molecule has 0 unspecified atom stereocenters. The van der Waals surface area contributed by atoms with Gasteiger partial charge in [0.05, 0.1) is 19.6 Å². The Morgan fingerprint density at radius 3 is 2.30 bits per heavy atom. The van der Waals surface area contributed by atoms with Crippen LogP contribution in [0.2, 0.25) is 0 Å².